The highest BCUT2D eigenvalue weighted by atomic mass is 16.4. The molecule has 1 aromatic heterocycles. The number of likely N-dealkylation sites (tertiary alicyclic amines) is 1. The Labute approximate surface area is 148 Å². The van der Waals surface area contributed by atoms with Gasteiger partial charge in [-0.3, -0.25) is 14.8 Å². The zero-order chi connectivity index (χ0) is 18.4. The third kappa shape index (κ3) is 5.53. The second-order valence-corrected chi connectivity index (χ2v) is 7.16. The number of nitrogens with one attached hydrogen (secondary N) is 1. The van der Waals surface area contributed by atoms with E-state index in [1.54, 1.807) is 0 Å². The number of aryl methyl sites for hydroxylation is 1. The second kappa shape index (κ2) is 8.80. The number of hydrogen-bond donors (Lipinski definition) is 5. The van der Waals surface area contributed by atoms with Crippen molar-refractivity contribution in [2.24, 2.45) is 11.7 Å². The SMILES string of the molecule is Cc1cc(CN2CCC(C(N)(CCCCB(O)O)C(=O)O)CC2)n[nH]1. The van der Waals surface area contributed by atoms with Crippen LogP contribution in [0.4, 0.5) is 0 Å². The van der Waals surface area contributed by atoms with E-state index < -0.39 is 18.6 Å². The van der Waals surface area contributed by atoms with Crippen LogP contribution in [0, 0.1) is 12.8 Å². The van der Waals surface area contributed by atoms with E-state index in [1.807, 2.05) is 13.0 Å². The van der Waals surface area contributed by atoms with Crippen LogP contribution in [0.5, 0.6) is 0 Å². The molecule has 1 saturated heterocycles. The molecule has 0 aliphatic carbocycles. The van der Waals surface area contributed by atoms with Gasteiger partial charge in [0.15, 0.2) is 0 Å². The second-order valence-electron chi connectivity index (χ2n) is 7.16. The van der Waals surface area contributed by atoms with Gasteiger partial charge in [-0.15, -0.1) is 0 Å². The Morgan fingerprint density at radius 2 is 2.12 bits per heavy atom. The topological polar surface area (TPSA) is 136 Å². The number of aromatic nitrogens is 2. The van der Waals surface area contributed by atoms with E-state index >= 15 is 0 Å². The molecule has 1 atom stereocenters. The smallest absolute Gasteiger partial charge is 0.451 e. The molecule has 1 aromatic rings. The Morgan fingerprint density at radius 1 is 1.44 bits per heavy atom. The first-order chi connectivity index (χ1) is 11.8. The largest absolute Gasteiger partial charge is 0.480 e. The lowest BCUT2D eigenvalue weighted by atomic mass is 9.74. The van der Waals surface area contributed by atoms with Gasteiger partial charge in [-0.2, -0.15) is 5.10 Å². The maximum atomic E-state index is 11.8. The first-order valence-electron chi connectivity index (χ1n) is 8.93. The number of carbonyl (C=O) groups is 1. The highest BCUT2D eigenvalue weighted by Crippen LogP contribution is 2.31. The molecule has 2 heterocycles. The van der Waals surface area contributed by atoms with Crippen LogP contribution in [-0.4, -0.2) is 62.0 Å². The summed E-state index contributed by atoms with van der Waals surface area (Å²) in [7, 11) is -1.34. The zero-order valence-electron chi connectivity index (χ0n) is 14.8. The van der Waals surface area contributed by atoms with Crippen molar-refractivity contribution in [1.82, 2.24) is 15.1 Å². The lowest BCUT2D eigenvalue weighted by Crippen LogP contribution is -2.56. The van der Waals surface area contributed by atoms with Crippen molar-refractivity contribution in [2.75, 3.05) is 13.1 Å². The fourth-order valence-corrected chi connectivity index (χ4v) is 3.62. The van der Waals surface area contributed by atoms with Gasteiger partial charge < -0.3 is 20.9 Å². The molecule has 1 unspecified atom stereocenters. The summed E-state index contributed by atoms with van der Waals surface area (Å²) in [5, 5.41) is 34.6. The number of piperidine rings is 1. The van der Waals surface area contributed by atoms with E-state index in [-0.39, 0.29) is 12.2 Å². The highest BCUT2D eigenvalue weighted by Gasteiger charge is 2.42. The molecule has 0 amide bonds. The number of carboxylic acid groups (broad SMARTS) is 1. The van der Waals surface area contributed by atoms with Gasteiger partial charge in [0.05, 0.1) is 5.69 Å². The maximum absolute atomic E-state index is 11.8. The molecule has 1 aliphatic heterocycles. The predicted octanol–water partition coefficient (Wildman–Crippen LogP) is 0.355. The van der Waals surface area contributed by atoms with Crippen molar-refractivity contribution >= 4 is 13.1 Å². The average molecular weight is 352 g/mol. The molecule has 0 bridgehead atoms. The van der Waals surface area contributed by atoms with E-state index in [0.29, 0.717) is 19.3 Å². The zero-order valence-corrected chi connectivity index (χ0v) is 14.8. The van der Waals surface area contributed by atoms with E-state index in [0.717, 1.165) is 43.9 Å². The van der Waals surface area contributed by atoms with Gasteiger partial charge in [0.1, 0.15) is 5.54 Å². The number of rotatable bonds is 9. The molecule has 0 saturated carbocycles. The van der Waals surface area contributed by atoms with Crippen molar-refractivity contribution in [1.29, 1.82) is 0 Å². The Kier molecular flexibility index (Phi) is 7.00. The van der Waals surface area contributed by atoms with Gasteiger partial charge in [0.25, 0.3) is 0 Å². The van der Waals surface area contributed by atoms with Crippen molar-refractivity contribution in [3.05, 3.63) is 17.5 Å². The molecule has 0 spiro atoms. The third-order valence-corrected chi connectivity index (χ3v) is 5.16. The van der Waals surface area contributed by atoms with Crippen molar-refractivity contribution in [3.8, 4) is 0 Å². The quantitative estimate of drug-likeness (QED) is 0.320. The first-order valence-corrected chi connectivity index (χ1v) is 8.93. The van der Waals surface area contributed by atoms with Crippen molar-refractivity contribution in [3.63, 3.8) is 0 Å². The number of aromatic amines is 1. The first kappa shape index (κ1) is 19.9. The lowest BCUT2D eigenvalue weighted by molar-refractivity contribution is -0.147. The summed E-state index contributed by atoms with van der Waals surface area (Å²) in [6.45, 7) is 4.33. The van der Waals surface area contributed by atoms with Gasteiger partial charge >= 0.3 is 13.1 Å². The van der Waals surface area contributed by atoms with E-state index in [1.165, 1.54) is 0 Å². The van der Waals surface area contributed by atoms with Gasteiger partial charge in [-0.1, -0.05) is 12.8 Å². The van der Waals surface area contributed by atoms with E-state index in [2.05, 4.69) is 15.1 Å². The molecule has 0 aromatic carbocycles. The third-order valence-electron chi connectivity index (χ3n) is 5.16. The number of unbranched alkanes of at least 4 members (excludes halogenated alkanes) is 1. The monoisotopic (exact) mass is 352 g/mol. The van der Waals surface area contributed by atoms with Gasteiger partial charge in [-0.05, 0) is 57.6 Å². The van der Waals surface area contributed by atoms with Crippen molar-refractivity contribution in [2.45, 2.75) is 57.4 Å². The molecular formula is C16H29BN4O4. The van der Waals surface area contributed by atoms with Crippen LogP contribution in [0.15, 0.2) is 6.07 Å². The number of H-pyrrole nitrogens is 1. The number of nitrogens with two attached hydrogens (primary N) is 1. The summed E-state index contributed by atoms with van der Waals surface area (Å²) in [5.74, 6) is -1.03. The van der Waals surface area contributed by atoms with Crippen LogP contribution in [0.2, 0.25) is 6.32 Å². The Hall–Kier alpha value is -1.42. The fraction of sp³-hybridized carbons (Fsp3) is 0.750. The molecule has 2 rings (SSSR count). The molecular weight excluding hydrogens is 323 g/mol. The van der Waals surface area contributed by atoms with Crippen LogP contribution in [0.25, 0.3) is 0 Å². The minimum Gasteiger partial charge on any atom is -0.480 e. The van der Waals surface area contributed by atoms with Crippen LogP contribution in [-0.2, 0) is 11.3 Å². The fourth-order valence-electron chi connectivity index (χ4n) is 3.62. The summed E-state index contributed by atoms with van der Waals surface area (Å²) in [6, 6.07) is 2.02. The predicted molar refractivity (Wildman–Crippen MR) is 94.7 cm³/mol. The van der Waals surface area contributed by atoms with Gasteiger partial charge in [0.2, 0.25) is 0 Å². The molecule has 8 nitrogen and oxygen atoms in total. The molecule has 9 heteroatoms. The standard InChI is InChI=1S/C16H29BN4O4/c1-12-10-14(20-19-12)11-21-8-4-13(5-9-21)16(18,15(22)23)6-2-3-7-17(24)25/h10,13,24-25H,2-9,11,18H2,1H3,(H,19,20)(H,22,23). The Morgan fingerprint density at radius 3 is 2.64 bits per heavy atom. The van der Waals surface area contributed by atoms with E-state index in [9.17, 15) is 9.90 Å². The van der Waals surface area contributed by atoms with Crippen molar-refractivity contribution < 1.29 is 19.9 Å². The van der Waals surface area contributed by atoms with Crippen LogP contribution in [0.1, 0.15) is 43.5 Å². The summed E-state index contributed by atoms with van der Waals surface area (Å²) < 4.78 is 0. The number of nitrogens with zero attached hydrogens (tertiary/aromatic N) is 2. The molecule has 6 N–H and O–H groups in total. The summed E-state index contributed by atoms with van der Waals surface area (Å²) in [4.78, 5) is 14.0. The summed E-state index contributed by atoms with van der Waals surface area (Å²) >= 11 is 0. The van der Waals surface area contributed by atoms with Crippen LogP contribution >= 0.6 is 0 Å². The van der Waals surface area contributed by atoms with Gasteiger partial charge in [-0.25, -0.2) is 0 Å². The minimum absolute atomic E-state index is 0.0683. The van der Waals surface area contributed by atoms with Crippen LogP contribution in [0.3, 0.4) is 0 Å². The normalized spacial score (nSPS) is 18.9. The van der Waals surface area contributed by atoms with Crippen LogP contribution < -0.4 is 5.73 Å². The molecule has 140 valence electrons. The number of aliphatic carboxylic acids is 1. The maximum Gasteiger partial charge on any atom is 0.451 e. The lowest BCUT2D eigenvalue weighted by Gasteiger charge is -2.40. The molecule has 0 radical (unpaired) electrons. The summed E-state index contributed by atoms with van der Waals surface area (Å²) in [5.41, 5.74) is 7.06. The highest BCUT2D eigenvalue weighted by molar-refractivity contribution is 6.40. The molecule has 1 fully saturated rings. The molecule has 25 heavy (non-hydrogen) atoms. The average Bonchev–Trinajstić information content (AvgIpc) is 2.96. The van der Waals surface area contributed by atoms with Gasteiger partial charge in [0, 0.05) is 12.2 Å². The number of hydrogen-bond acceptors (Lipinski definition) is 6. The number of carboxylic acids is 1. The Bertz CT molecular complexity index is 560. The summed E-state index contributed by atoms with van der Waals surface area (Å²) in [6.07, 6.45) is 3.23. The molecule has 1 aliphatic rings. The van der Waals surface area contributed by atoms with E-state index in [4.69, 9.17) is 15.8 Å². The minimum atomic E-state index is -1.34. The Balaban J connectivity index is 1.85.